The Kier molecular flexibility index (Phi) is 3.95. The van der Waals surface area contributed by atoms with Crippen LogP contribution in [0.15, 0.2) is 53.0 Å². The number of carbonyl (C=O) groups excluding carboxylic acids is 1. The van der Waals surface area contributed by atoms with Crippen molar-refractivity contribution in [3.8, 4) is 0 Å². The van der Waals surface area contributed by atoms with Gasteiger partial charge in [0.05, 0.1) is 6.04 Å². The van der Waals surface area contributed by atoms with Gasteiger partial charge in [-0.1, -0.05) is 46.3 Å². The first-order valence-corrected chi connectivity index (χ1v) is 8.88. The van der Waals surface area contributed by atoms with Crippen LogP contribution in [0.25, 0.3) is 0 Å². The molecular formula is C19H19BrN2O. The van der Waals surface area contributed by atoms with E-state index in [2.05, 4.69) is 45.1 Å². The van der Waals surface area contributed by atoms with Crippen molar-refractivity contribution in [2.45, 2.75) is 12.5 Å². The first-order chi connectivity index (χ1) is 11.2. The number of nitrogens with zero attached hydrogens (tertiary/aromatic N) is 2. The van der Waals surface area contributed by atoms with Crippen LogP contribution in [0.5, 0.6) is 0 Å². The highest BCUT2D eigenvalue weighted by Crippen LogP contribution is 2.32. The van der Waals surface area contributed by atoms with Crippen LogP contribution in [-0.4, -0.2) is 41.9 Å². The van der Waals surface area contributed by atoms with Crippen molar-refractivity contribution in [3.05, 3.63) is 69.7 Å². The van der Waals surface area contributed by atoms with Gasteiger partial charge in [0.15, 0.2) is 0 Å². The number of benzene rings is 2. The molecule has 2 aromatic rings. The predicted molar refractivity (Wildman–Crippen MR) is 94.5 cm³/mol. The van der Waals surface area contributed by atoms with E-state index in [0.29, 0.717) is 6.04 Å². The highest BCUT2D eigenvalue weighted by Gasteiger charge is 2.34. The number of carbonyl (C=O) groups is 1. The van der Waals surface area contributed by atoms with Crippen molar-refractivity contribution in [1.82, 2.24) is 9.80 Å². The van der Waals surface area contributed by atoms with Crippen LogP contribution >= 0.6 is 15.9 Å². The zero-order valence-electron chi connectivity index (χ0n) is 12.9. The second-order valence-corrected chi connectivity index (χ2v) is 7.18. The van der Waals surface area contributed by atoms with Crippen LogP contribution in [0, 0.1) is 0 Å². The minimum Gasteiger partial charge on any atom is -0.335 e. The van der Waals surface area contributed by atoms with Crippen molar-refractivity contribution in [1.29, 1.82) is 0 Å². The van der Waals surface area contributed by atoms with Gasteiger partial charge in [0.1, 0.15) is 0 Å². The van der Waals surface area contributed by atoms with Gasteiger partial charge in [-0.3, -0.25) is 9.69 Å². The summed E-state index contributed by atoms with van der Waals surface area (Å²) in [5.74, 6) is 0.133. The van der Waals surface area contributed by atoms with Crippen LogP contribution in [0.3, 0.4) is 0 Å². The van der Waals surface area contributed by atoms with E-state index in [1.54, 1.807) is 0 Å². The minimum atomic E-state index is 0.133. The molecule has 0 saturated carbocycles. The second kappa shape index (κ2) is 6.10. The molecule has 2 aromatic carbocycles. The maximum atomic E-state index is 12.8. The lowest BCUT2D eigenvalue weighted by molar-refractivity contribution is 0.0453. The fourth-order valence-corrected chi connectivity index (χ4v) is 4.12. The Morgan fingerprint density at radius 3 is 2.78 bits per heavy atom. The highest BCUT2D eigenvalue weighted by molar-refractivity contribution is 9.10. The molecular weight excluding hydrogens is 352 g/mol. The van der Waals surface area contributed by atoms with Crippen molar-refractivity contribution < 1.29 is 4.79 Å². The lowest BCUT2D eigenvalue weighted by atomic mass is 9.91. The Labute approximate surface area is 145 Å². The molecule has 0 N–H and O–H groups in total. The zero-order chi connectivity index (χ0) is 15.8. The van der Waals surface area contributed by atoms with Gasteiger partial charge >= 0.3 is 0 Å². The number of piperazine rings is 1. The van der Waals surface area contributed by atoms with Crippen LogP contribution in [0.1, 0.15) is 27.5 Å². The molecule has 1 amide bonds. The summed E-state index contributed by atoms with van der Waals surface area (Å²) in [5.41, 5.74) is 3.59. The van der Waals surface area contributed by atoms with E-state index in [9.17, 15) is 4.79 Å². The van der Waals surface area contributed by atoms with Gasteiger partial charge in [-0.15, -0.1) is 0 Å². The molecule has 118 valence electrons. The van der Waals surface area contributed by atoms with E-state index in [0.717, 1.165) is 42.6 Å². The molecule has 4 rings (SSSR count). The van der Waals surface area contributed by atoms with Gasteiger partial charge in [0.25, 0.3) is 5.91 Å². The fourth-order valence-electron chi connectivity index (χ4n) is 3.72. The average molecular weight is 371 g/mol. The Morgan fingerprint density at radius 2 is 1.91 bits per heavy atom. The van der Waals surface area contributed by atoms with Crippen molar-refractivity contribution >= 4 is 21.8 Å². The lowest BCUT2D eigenvalue weighted by Crippen LogP contribution is -2.52. The Bertz CT molecular complexity index is 746. The highest BCUT2D eigenvalue weighted by atomic mass is 79.9. The summed E-state index contributed by atoms with van der Waals surface area (Å²) >= 11 is 3.45. The van der Waals surface area contributed by atoms with Crippen molar-refractivity contribution in [3.63, 3.8) is 0 Å². The standard InChI is InChI=1S/C19H19BrN2O/c20-16-6-3-5-15(12-16)19(23)22-11-10-21-9-8-14-4-1-2-7-17(14)18(21)13-22/h1-7,12,18H,8-11,13H2. The lowest BCUT2D eigenvalue weighted by Gasteiger charge is -2.44. The number of rotatable bonds is 1. The molecule has 0 spiro atoms. The normalized spacial score (nSPS) is 20.7. The summed E-state index contributed by atoms with van der Waals surface area (Å²) in [6.07, 6.45) is 1.12. The summed E-state index contributed by atoms with van der Waals surface area (Å²) < 4.78 is 0.949. The molecule has 3 nitrogen and oxygen atoms in total. The van der Waals surface area contributed by atoms with Gasteiger partial charge in [0.2, 0.25) is 0 Å². The third-order valence-electron chi connectivity index (χ3n) is 4.93. The number of fused-ring (bicyclic) bond motifs is 3. The monoisotopic (exact) mass is 370 g/mol. The number of hydrogen-bond donors (Lipinski definition) is 0. The number of amides is 1. The summed E-state index contributed by atoms with van der Waals surface area (Å²) in [4.78, 5) is 17.4. The fraction of sp³-hybridized carbons (Fsp3) is 0.316. The van der Waals surface area contributed by atoms with E-state index in [4.69, 9.17) is 0 Å². The maximum Gasteiger partial charge on any atom is 0.254 e. The predicted octanol–water partition coefficient (Wildman–Crippen LogP) is 3.50. The first kappa shape index (κ1) is 14.9. The minimum absolute atomic E-state index is 0.133. The molecule has 1 atom stereocenters. The smallest absolute Gasteiger partial charge is 0.254 e. The largest absolute Gasteiger partial charge is 0.335 e. The number of hydrogen-bond acceptors (Lipinski definition) is 2. The quantitative estimate of drug-likeness (QED) is 0.766. The van der Waals surface area contributed by atoms with E-state index in [-0.39, 0.29) is 5.91 Å². The molecule has 1 unspecified atom stereocenters. The van der Waals surface area contributed by atoms with Crippen LogP contribution in [0.4, 0.5) is 0 Å². The Hall–Kier alpha value is -1.65. The summed E-state index contributed by atoms with van der Waals surface area (Å²) in [6.45, 7) is 3.64. The summed E-state index contributed by atoms with van der Waals surface area (Å²) in [5, 5.41) is 0. The van der Waals surface area contributed by atoms with Crippen LogP contribution in [0.2, 0.25) is 0 Å². The van der Waals surface area contributed by atoms with Crippen molar-refractivity contribution in [2.75, 3.05) is 26.2 Å². The summed E-state index contributed by atoms with van der Waals surface area (Å²) in [7, 11) is 0. The third kappa shape index (κ3) is 2.81. The summed E-state index contributed by atoms with van der Waals surface area (Å²) in [6, 6.07) is 16.7. The molecule has 0 aliphatic carbocycles. The molecule has 2 aliphatic heterocycles. The van der Waals surface area contributed by atoms with Gasteiger partial charge in [-0.25, -0.2) is 0 Å². The van der Waals surface area contributed by atoms with E-state index in [1.807, 2.05) is 29.2 Å². The molecule has 0 bridgehead atoms. The molecule has 1 fully saturated rings. The second-order valence-electron chi connectivity index (χ2n) is 6.26. The first-order valence-electron chi connectivity index (χ1n) is 8.09. The van der Waals surface area contributed by atoms with Gasteiger partial charge < -0.3 is 4.90 Å². The van der Waals surface area contributed by atoms with Gasteiger partial charge in [-0.2, -0.15) is 0 Å². The molecule has 1 saturated heterocycles. The Morgan fingerprint density at radius 1 is 1.04 bits per heavy atom. The third-order valence-corrected chi connectivity index (χ3v) is 5.43. The molecule has 0 aromatic heterocycles. The van der Waals surface area contributed by atoms with Crippen LogP contribution in [-0.2, 0) is 6.42 Å². The van der Waals surface area contributed by atoms with Crippen molar-refractivity contribution in [2.24, 2.45) is 0 Å². The molecule has 4 heteroatoms. The number of halogens is 1. The Balaban J connectivity index is 1.59. The molecule has 0 radical (unpaired) electrons. The molecule has 2 aliphatic rings. The zero-order valence-corrected chi connectivity index (χ0v) is 14.5. The van der Waals surface area contributed by atoms with Gasteiger partial charge in [0, 0.05) is 36.2 Å². The maximum absolute atomic E-state index is 12.8. The molecule has 23 heavy (non-hydrogen) atoms. The van der Waals surface area contributed by atoms with Gasteiger partial charge in [-0.05, 0) is 35.7 Å². The topological polar surface area (TPSA) is 23.6 Å². The SMILES string of the molecule is O=C(c1cccc(Br)c1)N1CCN2CCc3ccccc3C2C1. The van der Waals surface area contributed by atoms with Crippen LogP contribution < -0.4 is 0 Å². The van der Waals surface area contributed by atoms with E-state index >= 15 is 0 Å². The molecule has 2 heterocycles. The average Bonchev–Trinajstić information content (AvgIpc) is 2.60. The van der Waals surface area contributed by atoms with E-state index < -0.39 is 0 Å². The van der Waals surface area contributed by atoms with E-state index in [1.165, 1.54) is 11.1 Å².